The van der Waals surface area contributed by atoms with Crippen molar-refractivity contribution in [3.63, 3.8) is 0 Å². The number of benzene rings is 7. The molecule has 70 heavy (non-hydrogen) atoms. The van der Waals surface area contributed by atoms with E-state index in [0.29, 0.717) is 11.1 Å². The standard InChI is InChI=1S/C44H7B26/c1-3-6(23(48)43(68)44(69)70)11(24(49)22(47)7(3)17-21(46)18-19(32(57)31(17)56)35(60)42(67)41(66)34(18)59)9-14-12(26(51)37(62)39(64)28(14)53)8(13-15(9)29(54)40(65)38(63)27(13)52)10-5-4(2)20(45)30(55)16(5)33(58)36(61)25(10)50/h4H,1-2H3/b43-23-. The Labute approximate surface area is 444 Å². The molecule has 1 aliphatic carbocycles. The zero-order chi connectivity index (χ0) is 52.2. The van der Waals surface area contributed by atoms with Crippen molar-refractivity contribution in [2.45, 2.75) is 19.8 Å². The molecule has 0 heterocycles. The van der Waals surface area contributed by atoms with E-state index in [1.54, 1.807) is 13.8 Å². The molecular formula is C44H7B26. The van der Waals surface area contributed by atoms with E-state index >= 15 is 0 Å². The Kier molecular flexibility index (Phi) is 13.6. The molecule has 51 radical (unpaired) electrons. The van der Waals surface area contributed by atoms with Crippen LogP contribution in [0, 0.1) is 6.92 Å². The van der Waals surface area contributed by atoms with Crippen molar-refractivity contribution in [1.82, 2.24) is 0 Å². The van der Waals surface area contributed by atoms with Crippen LogP contribution in [0.4, 0.5) is 0 Å². The number of rotatable bonds is 5. The average Bonchev–Trinajstić information content (AvgIpc) is 3.54. The Hall–Kier alpha value is -3.64. The molecule has 1 atom stereocenters. The maximum atomic E-state index is 7.36. The van der Waals surface area contributed by atoms with Crippen molar-refractivity contribution in [3.05, 3.63) is 33.2 Å². The van der Waals surface area contributed by atoms with Gasteiger partial charge in [-0.1, -0.05) is 17.9 Å². The Bertz CT molecular complexity index is 3670. The molecule has 261 valence electrons. The van der Waals surface area contributed by atoms with Gasteiger partial charge in [0, 0.05) is 0 Å². The van der Waals surface area contributed by atoms with Crippen LogP contribution >= 0.6 is 0 Å². The van der Waals surface area contributed by atoms with Crippen molar-refractivity contribution in [2.24, 2.45) is 0 Å². The van der Waals surface area contributed by atoms with E-state index in [9.17, 15) is 0 Å². The van der Waals surface area contributed by atoms with Gasteiger partial charge in [0.15, 0.2) is 0 Å². The zero-order valence-electron chi connectivity index (χ0n) is 38.1. The van der Waals surface area contributed by atoms with Gasteiger partial charge >= 0.3 is 385 Å². The summed E-state index contributed by atoms with van der Waals surface area (Å²) in [7, 11) is 176. The fourth-order valence-electron chi connectivity index (χ4n) is 10.1. The summed E-state index contributed by atoms with van der Waals surface area (Å²) < 4.78 is 0. The maximum absolute atomic E-state index is 7.36. The summed E-state index contributed by atoms with van der Waals surface area (Å²) in [6.45, 7) is 3.39. The molecule has 0 saturated carbocycles. The fourth-order valence-corrected chi connectivity index (χ4v) is 10.1. The molecule has 0 aromatic heterocycles. The van der Waals surface area contributed by atoms with Gasteiger partial charge in [0.05, 0.1) is 0 Å². The Morgan fingerprint density at radius 2 is 0.614 bits per heavy atom. The third-order valence-corrected chi connectivity index (χ3v) is 13.9. The van der Waals surface area contributed by atoms with Gasteiger partial charge < -0.3 is 0 Å². The van der Waals surface area contributed by atoms with Gasteiger partial charge in [0.2, 0.25) is 0 Å². The third kappa shape index (κ3) is 6.98. The molecule has 0 nitrogen and oxygen atoms in total. The molecule has 7 aromatic rings. The van der Waals surface area contributed by atoms with Crippen LogP contribution in [0.2, 0.25) is 0 Å². The summed E-state index contributed by atoms with van der Waals surface area (Å²) in [6.07, 6.45) is 0. The average molecular weight is 817 g/mol. The fraction of sp³-hybridized carbons (Fsp3) is 0.0682. The van der Waals surface area contributed by atoms with Gasteiger partial charge in [-0.25, -0.2) is 0 Å². The van der Waals surface area contributed by atoms with Crippen LogP contribution in [0.5, 0.6) is 0 Å². The SMILES string of the molecule is [B]C(=[B])/C([B])=C(/[B])c1c(C)c(-c2c([B])c([B])c3c([B])c([B])c([B])c([B])c3c2[B])c([B])c([B])c1-c1c2c([B])c([B])c([B])c([B])c2c(-c2c([B])c([B])c([B])c3c2C(C)C([B])=C3[B])c2c([B])c([B])c([B])c([B])c12. The minimum absolute atomic E-state index is 0.00182. The number of hydrogen-bond donors (Lipinski definition) is 0. The van der Waals surface area contributed by atoms with E-state index < -0.39 is 11.3 Å². The minimum atomic E-state index is -0.637. The molecular weight excluding hydrogens is 810 g/mol. The molecule has 0 bridgehead atoms. The third-order valence-electron chi connectivity index (χ3n) is 13.9. The van der Waals surface area contributed by atoms with Gasteiger partial charge in [-0.2, -0.15) is 0 Å². The van der Waals surface area contributed by atoms with Crippen LogP contribution in [0.1, 0.15) is 35.1 Å². The van der Waals surface area contributed by atoms with E-state index in [1.165, 1.54) is 0 Å². The van der Waals surface area contributed by atoms with Crippen molar-refractivity contribution >= 4 is 362 Å². The van der Waals surface area contributed by atoms with Crippen LogP contribution in [-0.4, -0.2) is 209 Å². The second-order valence-electron chi connectivity index (χ2n) is 17.4. The van der Waals surface area contributed by atoms with Crippen molar-refractivity contribution < 1.29 is 0 Å². The summed E-state index contributed by atoms with van der Waals surface area (Å²) in [6, 6.07) is 0. The van der Waals surface area contributed by atoms with E-state index in [-0.39, 0.29) is 208 Å². The van der Waals surface area contributed by atoms with Gasteiger partial charge in [0.25, 0.3) is 0 Å². The molecule has 0 spiro atoms. The second kappa shape index (κ2) is 18.1. The molecule has 8 rings (SSSR count). The Balaban J connectivity index is 1.74. The molecule has 1 unspecified atom stereocenters. The molecule has 0 amide bonds. The van der Waals surface area contributed by atoms with Crippen molar-refractivity contribution in [1.29, 1.82) is 0 Å². The van der Waals surface area contributed by atoms with Gasteiger partial charge in [0.1, 0.15) is 39.2 Å². The Morgan fingerprint density at radius 3 is 1.03 bits per heavy atom. The molecule has 0 N–H and O–H groups in total. The number of fused-ring (bicyclic) bond motifs is 4. The number of allylic oxidation sites excluding steroid dienone is 2. The first-order valence-corrected chi connectivity index (χ1v) is 20.9. The topological polar surface area (TPSA) is 0 Å². The summed E-state index contributed by atoms with van der Waals surface area (Å²) in [5.41, 5.74) is -0.938. The van der Waals surface area contributed by atoms with Crippen LogP contribution < -0.4 is 109 Å². The molecule has 0 fully saturated rings. The Morgan fingerprint density at radius 1 is 0.314 bits per heavy atom. The summed E-state index contributed by atoms with van der Waals surface area (Å²) >= 11 is 0. The molecule has 0 aliphatic heterocycles. The summed E-state index contributed by atoms with van der Waals surface area (Å²) in [5, 5.41) is 0.0562. The monoisotopic (exact) mass is 821 g/mol. The molecule has 1 aliphatic rings. The van der Waals surface area contributed by atoms with Crippen molar-refractivity contribution in [2.75, 3.05) is 0 Å². The molecule has 26 heteroatoms. The quantitative estimate of drug-likeness (QED) is 0.120. The van der Waals surface area contributed by atoms with Crippen LogP contribution in [0.25, 0.3) is 76.6 Å². The summed E-state index contributed by atoms with van der Waals surface area (Å²) in [4.78, 5) is 0. The molecule has 7 aromatic carbocycles. The van der Waals surface area contributed by atoms with Crippen LogP contribution in [-0.2, 0) is 0 Å². The van der Waals surface area contributed by atoms with Crippen LogP contribution in [0.15, 0.2) is 10.9 Å². The van der Waals surface area contributed by atoms with Gasteiger partial charge in [-0.3, -0.25) is 0 Å². The van der Waals surface area contributed by atoms with Gasteiger partial charge in [-0.15, -0.1) is 5.47 Å². The summed E-state index contributed by atoms with van der Waals surface area (Å²) in [5.74, 6) is -0.637. The van der Waals surface area contributed by atoms with Crippen molar-refractivity contribution in [3.8, 4) is 33.4 Å². The van der Waals surface area contributed by atoms with E-state index in [2.05, 4.69) is 0 Å². The first-order valence-electron chi connectivity index (χ1n) is 20.9. The number of hydrogen-bond acceptors (Lipinski definition) is 0. The van der Waals surface area contributed by atoms with E-state index in [4.69, 9.17) is 204 Å². The van der Waals surface area contributed by atoms with E-state index in [1.807, 2.05) is 0 Å². The first kappa shape index (κ1) is 52.7. The van der Waals surface area contributed by atoms with Gasteiger partial charge in [-0.05, 0) is 0 Å². The first-order chi connectivity index (χ1) is 32.5. The van der Waals surface area contributed by atoms with Crippen LogP contribution in [0.3, 0.4) is 0 Å². The predicted molar refractivity (Wildman–Crippen MR) is 330 cm³/mol. The predicted octanol–water partition coefficient (Wildman–Crippen LogP) is -15.1. The molecule has 0 saturated heterocycles. The van der Waals surface area contributed by atoms with E-state index in [0.717, 1.165) is 0 Å². The second-order valence-corrected chi connectivity index (χ2v) is 17.4. The zero-order valence-corrected chi connectivity index (χ0v) is 38.1. The normalized spacial score (nSPS) is 13.9.